The maximum Gasteiger partial charge on any atom is 0.223 e. The van der Waals surface area contributed by atoms with Gasteiger partial charge in [-0.25, -0.2) is 0 Å². The molecule has 1 aliphatic rings. The van der Waals surface area contributed by atoms with Gasteiger partial charge in [0.2, 0.25) is 5.97 Å². The summed E-state index contributed by atoms with van der Waals surface area (Å²) in [5, 5.41) is 3.08. The largest absolute Gasteiger partial charge is 0.388 e. The smallest absolute Gasteiger partial charge is 0.223 e. The van der Waals surface area contributed by atoms with Gasteiger partial charge in [0.15, 0.2) is 12.9 Å². The molecule has 0 unspecified atom stereocenters. The topological polar surface area (TPSA) is 40.0 Å². The molecule has 0 spiro atoms. The molecule has 0 bridgehead atoms. The molecule has 0 aromatic carbocycles. The van der Waals surface area contributed by atoms with Gasteiger partial charge in [-0.1, -0.05) is 5.16 Å². The van der Waals surface area contributed by atoms with Crippen LogP contribution in [-0.2, 0) is 14.3 Å². The van der Waals surface area contributed by atoms with Crippen molar-refractivity contribution in [1.82, 2.24) is 0 Å². The van der Waals surface area contributed by atoms with Gasteiger partial charge in [-0.05, 0) is 0 Å². The Morgan fingerprint density at radius 3 is 2.82 bits per heavy atom. The summed E-state index contributed by atoms with van der Waals surface area (Å²) in [6.07, 6.45) is -0.391. The summed E-state index contributed by atoms with van der Waals surface area (Å²) in [4.78, 5) is 4.54. The van der Waals surface area contributed by atoms with Crippen molar-refractivity contribution >= 4 is 5.97 Å². The molecule has 11 heavy (non-hydrogen) atoms. The van der Waals surface area contributed by atoms with E-state index < -0.39 is 12.3 Å². The molecule has 0 atom stereocenters. The Kier molecular flexibility index (Phi) is 3.25. The molecule has 5 heteroatoms. The highest BCUT2D eigenvalue weighted by Crippen LogP contribution is 2.03. The standard InChI is InChI=1S/C6H10FNO3/c1-5(7)8-11-4-6-9-2-3-10-6/h6H,2-4H2,1H3. The predicted molar refractivity (Wildman–Crippen MR) is 35.9 cm³/mol. The van der Waals surface area contributed by atoms with E-state index in [4.69, 9.17) is 9.47 Å². The second-order valence-corrected chi connectivity index (χ2v) is 2.06. The molecule has 0 aromatic rings. The van der Waals surface area contributed by atoms with E-state index >= 15 is 0 Å². The van der Waals surface area contributed by atoms with Crippen molar-refractivity contribution < 1.29 is 18.7 Å². The first-order valence-corrected chi connectivity index (χ1v) is 3.34. The third-order valence-electron chi connectivity index (χ3n) is 1.09. The maximum absolute atomic E-state index is 11.9. The molecule has 0 aliphatic carbocycles. The van der Waals surface area contributed by atoms with Crippen LogP contribution in [0.4, 0.5) is 4.39 Å². The minimum atomic E-state index is -0.608. The minimum Gasteiger partial charge on any atom is -0.388 e. The van der Waals surface area contributed by atoms with Crippen LogP contribution in [0.15, 0.2) is 5.16 Å². The maximum atomic E-state index is 11.9. The van der Waals surface area contributed by atoms with Crippen molar-refractivity contribution in [3.8, 4) is 0 Å². The highest BCUT2D eigenvalue weighted by atomic mass is 19.1. The lowest BCUT2D eigenvalue weighted by molar-refractivity contribution is -0.0938. The molecule has 4 nitrogen and oxygen atoms in total. The van der Waals surface area contributed by atoms with Crippen molar-refractivity contribution in [3.63, 3.8) is 0 Å². The normalized spacial score (nSPS) is 20.7. The van der Waals surface area contributed by atoms with Crippen LogP contribution in [0.5, 0.6) is 0 Å². The molecule has 1 aliphatic heterocycles. The molecule has 0 N–H and O–H groups in total. The molecule has 0 amide bonds. The number of hydrogen-bond acceptors (Lipinski definition) is 4. The van der Waals surface area contributed by atoms with E-state index in [0.29, 0.717) is 13.2 Å². The van der Waals surface area contributed by atoms with Crippen LogP contribution in [0, 0.1) is 0 Å². The number of nitrogens with zero attached hydrogens (tertiary/aromatic N) is 1. The van der Waals surface area contributed by atoms with Gasteiger partial charge in [0.25, 0.3) is 0 Å². The SMILES string of the molecule is CC(F)=NOCC1OCCO1. The van der Waals surface area contributed by atoms with E-state index in [-0.39, 0.29) is 6.61 Å². The molecule has 1 heterocycles. The Hall–Kier alpha value is -0.680. The highest BCUT2D eigenvalue weighted by molar-refractivity contribution is 5.70. The third kappa shape index (κ3) is 3.29. The van der Waals surface area contributed by atoms with Gasteiger partial charge in [-0.2, -0.15) is 4.39 Å². The van der Waals surface area contributed by atoms with E-state index in [1.807, 2.05) is 0 Å². The molecule has 0 aromatic heterocycles. The van der Waals surface area contributed by atoms with E-state index in [9.17, 15) is 4.39 Å². The number of halogens is 1. The Labute approximate surface area is 63.9 Å². The van der Waals surface area contributed by atoms with Crippen LogP contribution in [-0.4, -0.2) is 32.1 Å². The van der Waals surface area contributed by atoms with E-state index in [1.165, 1.54) is 6.92 Å². The Morgan fingerprint density at radius 1 is 1.64 bits per heavy atom. The molecule has 0 saturated carbocycles. The fourth-order valence-corrected chi connectivity index (χ4v) is 0.691. The van der Waals surface area contributed by atoms with Crippen molar-refractivity contribution in [2.75, 3.05) is 19.8 Å². The van der Waals surface area contributed by atoms with Crippen LogP contribution in [0.25, 0.3) is 0 Å². The third-order valence-corrected chi connectivity index (χ3v) is 1.09. The van der Waals surface area contributed by atoms with Gasteiger partial charge in [0, 0.05) is 6.92 Å². The molecule has 1 fully saturated rings. The zero-order chi connectivity index (χ0) is 8.10. The molecule has 1 rings (SSSR count). The van der Waals surface area contributed by atoms with Crippen LogP contribution >= 0.6 is 0 Å². The Morgan fingerprint density at radius 2 is 2.27 bits per heavy atom. The number of rotatable bonds is 3. The minimum absolute atomic E-state index is 0.140. The van der Waals surface area contributed by atoms with Gasteiger partial charge in [-0.3, -0.25) is 0 Å². The van der Waals surface area contributed by atoms with Crippen LogP contribution < -0.4 is 0 Å². The van der Waals surface area contributed by atoms with Gasteiger partial charge in [0.05, 0.1) is 13.2 Å². The summed E-state index contributed by atoms with van der Waals surface area (Å²) in [7, 11) is 0. The Bertz CT molecular complexity index is 141. The molecular weight excluding hydrogens is 153 g/mol. The lowest BCUT2D eigenvalue weighted by Crippen LogP contribution is -2.14. The van der Waals surface area contributed by atoms with Crippen molar-refractivity contribution in [1.29, 1.82) is 0 Å². The first-order valence-electron chi connectivity index (χ1n) is 3.34. The Balaban J connectivity index is 2.07. The highest BCUT2D eigenvalue weighted by Gasteiger charge is 2.15. The fourth-order valence-electron chi connectivity index (χ4n) is 0.691. The van der Waals surface area contributed by atoms with Gasteiger partial charge in [0.1, 0.15) is 0 Å². The van der Waals surface area contributed by atoms with E-state index in [2.05, 4.69) is 9.99 Å². The predicted octanol–water partition coefficient (Wildman–Crippen LogP) is 0.679. The monoisotopic (exact) mass is 163 g/mol. The van der Waals surface area contributed by atoms with Gasteiger partial charge in [-0.15, -0.1) is 0 Å². The molecule has 0 radical (unpaired) electrons. The summed E-state index contributed by atoms with van der Waals surface area (Å²) in [5.41, 5.74) is 0. The second-order valence-electron chi connectivity index (χ2n) is 2.06. The first-order chi connectivity index (χ1) is 5.29. The van der Waals surface area contributed by atoms with Gasteiger partial charge < -0.3 is 14.3 Å². The van der Waals surface area contributed by atoms with Crippen LogP contribution in [0.2, 0.25) is 0 Å². The number of oxime groups is 1. The van der Waals surface area contributed by atoms with Crippen molar-refractivity contribution in [2.24, 2.45) is 5.16 Å². The molecular formula is C6H10FNO3. The lowest BCUT2D eigenvalue weighted by Gasteiger charge is -2.05. The quantitative estimate of drug-likeness (QED) is 0.453. The van der Waals surface area contributed by atoms with E-state index in [1.54, 1.807) is 0 Å². The van der Waals surface area contributed by atoms with Gasteiger partial charge >= 0.3 is 0 Å². The summed E-state index contributed by atoms with van der Waals surface area (Å²) in [6.45, 7) is 2.47. The van der Waals surface area contributed by atoms with Crippen LogP contribution in [0.1, 0.15) is 6.92 Å². The fraction of sp³-hybridized carbons (Fsp3) is 0.833. The van der Waals surface area contributed by atoms with Crippen molar-refractivity contribution in [2.45, 2.75) is 13.2 Å². The second kappa shape index (κ2) is 4.25. The molecule has 64 valence electrons. The zero-order valence-corrected chi connectivity index (χ0v) is 6.25. The van der Waals surface area contributed by atoms with Crippen molar-refractivity contribution in [3.05, 3.63) is 0 Å². The van der Waals surface area contributed by atoms with Crippen LogP contribution in [0.3, 0.4) is 0 Å². The zero-order valence-electron chi connectivity index (χ0n) is 6.25. The lowest BCUT2D eigenvalue weighted by atomic mass is 10.7. The average molecular weight is 163 g/mol. The molecule has 1 saturated heterocycles. The first kappa shape index (κ1) is 8.42. The number of ether oxygens (including phenoxy) is 2. The summed E-state index contributed by atoms with van der Waals surface area (Å²) >= 11 is 0. The summed E-state index contributed by atoms with van der Waals surface area (Å²) < 4.78 is 21.9. The summed E-state index contributed by atoms with van der Waals surface area (Å²) in [5.74, 6) is -0.608. The number of hydrogen-bond donors (Lipinski definition) is 0. The average Bonchev–Trinajstić information content (AvgIpc) is 2.39. The summed E-state index contributed by atoms with van der Waals surface area (Å²) in [6, 6.07) is 0. The van der Waals surface area contributed by atoms with E-state index in [0.717, 1.165) is 0 Å².